The molecule has 0 aliphatic carbocycles. The van der Waals surface area contributed by atoms with Gasteiger partial charge in [0.2, 0.25) is 0 Å². The average molecular weight is 336 g/mol. The first-order valence-electron chi connectivity index (χ1n) is 8.42. The van der Waals surface area contributed by atoms with E-state index in [1.54, 1.807) is 13.3 Å². The number of aromatic nitrogens is 3. The molecule has 1 unspecified atom stereocenters. The number of ether oxygens (including phenoxy) is 1. The third-order valence-electron chi connectivity index (χ3n) is 4.55. The van der Waals surface area contributed by atoms with Gasteiger partial charge in [-0.2, -0.15) is 4.98 Å². The van der Waals surface area contributed by atoms with Crippen molar-refractivity contribution in [3.63, 3.8) is 0 Å². The van der Waals surface area contributed by atoms with E-state index in [4.69, 9.17) is 9.26 Å². The Morgan fingerprint density at radius 3 is 2.96 bits per heavy atom. The minimum Gasteiger partial charge on any atom is -0.497 e. The van der Waals surface area contributed by atoms with E-state index in [1.165, 1.54) is 5.56 Å². The molecule has 0 spiro atoms. The topological polar surface area (TPSA) is 64.3 Å². The number of rotatable bonds is 4. The van der Waals surface area contributed by atoms with Gasteiger partial charge >= 0.3 is 0 Å². The summed E-state index contributed by atoms with van der Waals surface area (Å²) >= 11 is 0. The molecule has 0 amide bonds. The highest BCUT2D eigenvalue weighted by molar-refractivity contribution is 5.59. The zero-order valence-electron chi connectivity index (χ0n) is 14.3. The van der Waals surface area contributed by atoms with Gasteiger partial charge in [0.25, 0.3) is 5.89 Å². The van der Waals surface area contributed by atoms with Crippen molar-refractivity contribution < 1.29 is 9.26 Å². The summed E-state index contributed by atoms with van der Waals surface area (Å²) in [6.07, 6.45) is 4.03. The second-order valence-electron chi connectivity index (χ2n) is 6.18. The van der Waals surface area contributed by atoms with Crippen molar-refractivity contribution in [2.75, 3.05) is 18.6 Å². The minimum atomic E-state index is 0.294. The summed E-state index contributed by atoms with van der Waals surface area (Å²) in [4.78, 5) is 11.2. The van der Waals surface area contributed by atoms with Gasteiger partial charge in [0.1, 0.15) is 11.6 Å². The highest BCUT2D eigenvalue weighted by Crippen LogP contribution is 2.37. The van der Waals surface area contributed by atoms with Crippen LogP contribution >= 0.6 is 0 Å². The monoisotopic (exact) mass is 336 g/mol. The van der Waals surface area contributed by atoms with Crippen molar-refractivity contribution in [2.45, 2.75) is 25.8 Å². The fourth-order valence-corrected chi connectivity index (χ4v) is 3.36. The third kappa shape index (κ3) is 3.07. The van der Waals surface area contributed by atoms with Gasteiger partial charge in [-0.15, -0.1) is 0 Å². The molecule has 0 N–H and O–H groups in total. The Kier molecular flexibility index (Phi) is 4.09. The molecule has 128 valence electrons. The molecule has 0 saturated carbocycles. The maximum Gasteiger partial charge on any atom is 0.258 e. The van der Waals surface area contributed by atoms with Gasteiger partial charge in [0.15, 0.2) is 5.82 Å². The first kappa shape index (κ1) is 15.6. The van der Waals surface area contributed by atoms with Crippen LogP contribution in [0.25, 0.3) is 11.5 Å². The van der Waals surface area contributed by atoms with Gasteiger partial charge in [-0.05, 0) is 49.6 Å². The molecule has 1 aliphatic rings. The maximum atomic E-state index is 5.37. The number of hydrogen-bond acceptors (Lipinski definition) is 6. The van der Waals surface area contributed by atoms with Crippen molar-refractivity contribution in [1.29, 1.82) is 0 Å². The van der Waals surface area contributed by atoms with Crippen LogP contribution in [0.4, 0.5) is 5.82 Å². The lowest BCUT2D eigenvalue weighted by Crippen LogP contribution is -2.23. The molecule has 25 heavy (non-hydrogen) atoms. The normalized spacial score (nSPS) is 17.0. The molecular formula is C19H20N4O2. The van der Waals surface area contributed by atoms with Crippen molar-refractivity contribution in [2.24, 2.45) is 0 Å². The second-order valence-corrected chi connectivity index (χ2v) is 6.18. The van der Waals surface area contributed by atoms with Crippen molar-refractivity contribution >= 4 is 5.82 Å². The Morgan fingerprint density at radius 1 is 1.24 bits per heavy atom. The predicted octanol–water partition coefficient (Wildman–Crippen LogP) is 3.79. The minimum absolute atomic E-state index is 0.294. The molecule has 1 aliphatic heterocycles. The largest absolute Gasteiger partial charge is 0.497 e. The molecule has 6 heteroatoms. The Balaban J connectivity index is 1.66. The van der Waals surface area contributed by atoms with Gasteiger partial charge in [-0.3, -0.25) is 0 Å². The molecule has 0 radical (unpaired) electrons. The molecule has 6 nitrogen and oxygen atoms in total. The van der Waals surface area contributed by atoms with Crippen LogP contribution in [0.1, 0.15) is 30.3 Å². The molecular weight excluding hydrogens is 316 g/mol. The third-order valence-corrected chi connectivity index (χ3v) is 4.55. The quantitative estimate of drug-likeness (QED) is 0.722. The summed E-state index contributed by atoms with van der Waals surface area (Å²) in [5.41, 5.74) is 2.14. The fraction of sp³-hybridized carbons (Fsp3) is 0.316. The van der Waals surface area contributed by atoms with Gasteiger partial charge in [0, 0.05) is 18.3 Å². The van der Waals surface area contributed by atoms with Crippen LogP contribution in [0, 0.1) is 6.92 Å². The molecule has 1 atom stereocenters. The fourth-order valence-electron chi connectivity index (χ4n) is 3.36. The van der Waals surface area contributed by atoms with Crippen LogP contribution in [0.2, 0.25) is 0 Å². The first-order valence-corrected chi connectivity index (χ1v) is 8.42. The van der Waals surface area contributed by atoms with E-state index in [-0.39, 0.29) is 0 Å². The number of methoxy groups -OCH3 is 1. The maximum absolute atomic E-state index is 5.37. The lowest BCUT2D eigenvalue weighted by atomic mass is 10.0. The van der Waals surface area contributed by atoms with E-state index >= 15 is 0 Å². The summed E-state index contributed by atoms with van der Waals surface area (Å²) < 4.78 is 10.7. The van der Waals surface area contributed by atoms with E-state index in [1.807, 2.05) is 31.2 Å². The first-order chi connectivity index (χ1) is 12.2. The molecule has 0 bridgehead atoms. The Hall–Kier alpha value is -2.89. The van der Waals surface area contributed by atoms with E-state index in [0.29, 0.717) is 17.8 Å². The Morgan fingerprint density at radius 2 is 2.16 bits per heavy atom. The number of nitrogens with zero attached hydrogens (tertiary/aromatic N) is 4. The lowest BCUT2D eigenvalue weighted by molar-refractivity contribution is 0.414. The zero-order valence-corrected chi connectivity index (χ0v) is 14.3. The highest BCUT2D eigenvalue weighted by atomic mass is 16.5. The van der Waals surface area contributed by atoms with Crippen molar-refractivity contribution in [3.05, 3.63) is 54.0 Å². The van der Waals surface area contributed by atoms with Crippen molar-refractivity contribution in [3.8, 4) is 17.2 Å². The summed E-state index contributed by atoms with van der Waals surface area (Å²) in [6, 6.07) is 12.5. The van der Waals surface area contributed by atoms with Crippen LogP contribution in [-0.4, -0.2) is 28.8 Å². The number of anilines is 1. The number of pyridine rings is 1. The van der Waals surface area contributed by atoms with Gasteiger partial charge < -0.3 is 14.2 Å². The number of benzene rings is 1. The second kappa shape index (κ2) is 6.55. The summed E-state index contributed by atoms with van der Waals surface area (Å²) in [5.74, 6) is 2.97. The smallest absolute Gasteiger partial charge is 0.258 e. The summed E-state index contributed by atoms with van der Waals surface area (Å²) in [6.45, 7) is 2.79. The van der Waals surface area contributed by atoms with Crippen molar-refractivity contribution in [1.82, 2.24) is 15.1 Å². The van der Waals surface area contributed by atoms with Crippen LogP contribution in [0.5, 0.6) is 5.75 Å². The molecule has 3 aromatic rings. The summed E-state index contributed by atoms with van der Waals surface area (Å²) in [5, 5.41) is 3.87. The van der Waals surface area contributed by atoms with Gasteiger partial charge in [0.05, 0.1) is 13.2 Å². The van der Waals surface area contributed by atoms with E-state index < -0.39 is 0 Å². The van der Waals surface area contributed by atoms with Crippen LogP contribution in [-0.2, 0) is 0 Å². The number of aryl methyl sites for hydroxylation is 1. The molecule has 1 saturated heterocycles. The SMILES string of the molecule is COc1cccc(C2CCCN2c2cc(-c3nc(C)no3)ccn2)c1. The molecule has 4 rings (SSSR count). The molecule has 1 aromatic carbocycles. The van der Waals surface area contributed by atoms with E-state index in [2.05, 4.69) is 32.2 Å². The van der Waals surface area contributed by atoms with E-state index in [9.17, 15) is 0 Å². The van der Waals surface area contributed by atoms with Crippen LogP contribution < -0.4 is 9.64 Å². The standard InChI is InChI=1S/C19H20N4O2/c1-13-21-19(25-22-13)15-8-9-20-18(12-15)23-10-4-7-17(23)14-5-3-6-16(11-14)24-2/h3,5-6,8-9,11-12,17H,4,7,10H2,1-2H3. The van der Waals surface area contributed by atoms with Crippen LogP contribution in [0.3, 0.4) is 0 Å². The summed E-state index contributed by atoms with van der Waals surface area (Å²) in [7, 11) is 1.70. The van der Waals surface area contributed by atoms with Gasteiger partial charge in [-0.25, -0.2) is 4.98 Å². The van der Waals surface area contributed by atoms with Gasteiger partial charge in [-0.1, -0.05) is 17.3 Å². The Labute approximate surface area is 146 Å². The number of hydrogen-bond donors (Lipinski definition) is 0. The Bertz CT molecular complexity index is 877. The highest BCUT2D eigenvalue weighted by Gasteiger charge is 2.27. The average Bonchev–Trinajstić information content (AvgIpc) is 3.31. The zero-order chi connectivity index (χ0) is 17.2. The molecule has 2 aromatic heterocycles. The van der Waals surface area contributed by atoms with E-state index in [0.717, 1.165) is 36.5 Å². The lowest BCUT2D eigenvalue weighted by Gasteiger charge is -2.26. The predicted molar refractivity (Wildman–Crippen MR) is 94.6 cm³/mol. The molecule has 3 heterocycles. The molecule has 1 fully saturated rings. The van der Waals surface area contributed by atoms with Crippen LogP contribution in [0.15, 0.2) is 47.1 Å².